The van der Waals surface area contributed by atoms with E-state index in [9.17, 15) is 0 Å². The summed E-state index contributed by atoms with van der Waals surface area (Å²) in [6, 6.07) is 19.8. The third-order valence-corrected chi connectivity index (χ3v) is 6.23. The number of nitrogens with two attached hydrogens (primary N) is 1. The topological polar surface area (TPSA) is 35.2 Å². The van der Waals surface area contributed by atoms with Crippen LogP contribution in [0.2, 0.25) is 10.0 Å². The van der Waals surface area contributed by atoms with Gasteiger partial charge in [-0.2, -0.15) is 0 Å². The van der Waals surface area contributed by atoms with Gasteiger partial charge >= 0.3 is 0 Å². The van der Waals surface area contributed by atoms with E-state index in [1.54, 1.807) is 23.9 Å². The lowest BCUT2D eigenvalue weighted by Gasteiger charge is -2.27. The molecule has 0 heterocycles. The lowest BCUT2D eigenvalue weighted by atomic mass is 9.80. The first kappa shape index (κ1) is 21.1. The largest absolute Gasteiger partial charge is 0.457 e. The van der Waals surface area contributed by atoms with Gasteiger partial charge in [-0.3, -0.25) is 0 Å². The Hall–Kier alpha value is -1.65. The first-order valence-corrected chi connectivity index (χ1v) is 10.9. The molecule has 28 heavy (non-hydrogen) atoms. The Morgan fingerprint density at radius 2 is 1.68 bits per heavy atom. The molecule has 2 nitrogen and oxygen atoms in total. The molecule has 2 N–H and O–H groups in total. The van der Waals surface area contributed by atoms with Gasteiger partial charge in [-0.15, -0.1) is 11.8 Å². The zero-order valence-electron chi connectivity index (χ0n) is 16.1. The van der Waals surface area contributed by atoms with E-state index in [-0.39, 0.29) is 5.41 Å². The van der Waals surface area contributed by atoms with E-state index in [4.69, 9.17) is 33.7 Å². The molecular formula is C23H23Cl2NOS. The Morgan fingerprint density at radius 3 is 2.36 bits per heavy atom. The van der Waals surface area contributed by atoms with E-state index >= 15 is 0 Å². The molecule has 0 fully saturated rings. The van der Waals surface area contributed by atoms with Crippen molar-refractivity contribution in [2.75, 3.05) is 12.8 Å². The molecule has 0 atom stereocenters. The van der Waals surface area contributed by atoms with Gasteiger partial charge in [0.25, 0.3) is 0 Å². The molecule has 5 heteroatoms. The maximum atomic E-state index is 6.18. The highest BCUT2D eigenvalue weighted by molar-refractivity contribution is 7.98. The van der Waals surface area contributed by atoms with Gasteiger partial charge in [0.05, 0.1) is 10.0 Å². The van der Waals surface area contributed by atoms with Crippen LogP contribution < -0.4 is 10.5 Å². The van der Waals surface area contributed by atoms with Gasteiger partial charge in [-0.05, 0) is 47.7 Å². The predicted octanol–water partition coefficient (Wildman–Crippen LogP) is 7.41. The van der Waals surface area contributed by atoms with E-state index in [2.05, 4.69) is 44.4 Å². The summed E-state index contributed by atoms with van der Waals surface area (Å²) in [4.78, 5) is 1.21. The average Bonchev–Trinajstić information content (AvgIpc) is 2.71. The summed E-state index contributed by atoms with van der Waals surface area (Å²) >= 11 is 13.9. The highest BCUT2D eigenvalue weighted by atomic mass is 35.5. The second kappa shape index (κ2) is 8.79. The predicted molar refractivity (Wildman–Crippen MR) is 122 cm³/mol. The van der Waals surface area contributed by atoms with Gasteiger partial charge in [-0.1, -0.05) is 61.3 Å². The van der Waals surface area contributed by atoms with Crippen LogP contribution in [0.5, 0.6) is 11.5 Å². The molecule has 0 saturated carbocycles. The number of hydrogen-bond donors (Lipinski definition) is 1. The number of ether oxygens (including phenoxy) is 1. The molecule has 0 aliphatic rings. The molecule has 0 bridgehead atoms. The number of hydrogen-bond acceptors (Lipinski definition) is 3. The maximum Gasteiger partial charge on any atom is 0.135 e. The van der Waals surface area contributed by atoms with E-state index < -0.39 is 0 Å². The number of rotatable bonds is 6. The van der Waals surface area contributed by atoms with Crippen LogP contribution in [0.15, 0.2) is 65.6 Å². The SMILES string of the molecule is CSc1ccc(-c2ccccc2Oc2ccc(Cl)c(Cl)c2)c(C(C)(C)CN)c1. The minimum atomic E-state index is -0.169. The number of halogens is 2. The summed E-state index contributed by atoms with van der Waals surface area (Å²) in [5.74, 6) is 1.40. The van der Waals surface area contributed by atoms with Crippen LogP contribution in [0.25, 0.3) is 11.1 Å². The van der Waals surface area contributed by atoms with Crippen molar-refractivity contribution in [1.82, 2.24) is 0 Å². The van der Waals surface area contributed by atoms with E-state index in [0.717, 1.165) is 16.9 Å². The van der Waals surface area contributed by atoms with Crippen LogP contribution in [0.1, 0.15) is 19.4 Å². The van der Waals surface area contributed by atoms with Crippen molar-refractivity contribution >= 4 is 35.0 Å². The summed E-state index contributed by atoms with van der Waals surface area (Å²) < 4.78 is 6.18. The summed E-state index contributed by atoms with van der Waals surface area (Å²) in [6.07, 6.45) is 2.08. The van der Waals surface area contributed by atoms with Crippen molar-refractivity contribution in [2.24, 2.45) is 5.73 Å². The van der Waals surface area contributed by atoms with Crippen LogP contribution in [0, 0.1) is 0 Å². The molecule has 0 radical (unpaired) electrons. The molecular weight excluding hydrogens is 409 g/mol. The average molecular weight is 432 g/mol. The molecule has 0 unspecified atom stereocenters. The molecule has 0 aromatic heterocycles. The Kier molecular flexibility index (Phi) is 6.61. The molecule has 0 saturated heterocycles. The van der Waals surface area contributed by atoms with Crippen molar-refractivity contribution in [1.29, 1.82) is 0 Å². The fourth-order valence-corrected chi connectivity index (χ4v) is 3.73. The second-order valence-corrected chi connectivity index (χ2v) is 8.87. The summed E-state index contributed by atoms with van der Waals surface area (Å²) in [7, 11) is 0. The molecule has 0 aliphatic heterocycles. The van der Waals surface area contributed by atoms with Gasteiger partial charge in [0.15, 0.2) is 0 Å². The molecule has 3 rings (SSSR count). The highest BCUT2D eigenvalue weighted by Crippen LogP contribution is 2.41. The summed E-state index contributed by atoms with van der Waals surface area (Å²) in [5.41, 5.74) is 9.26. The van der Waals surface area contributed by atoms with Crippen LogP contribution >= 0.6 is 35.0 Å². The Labute approximate surface area is 181 Å². The van der Waals surface area contributed by atoms with Crippen molar-refractivity contribution in [2.45, 2.75) is 24.2 Å². The van der Waals surface area contributed by atoms with Crippen molar-refractivity contribution < 1.29 is 4.74 Å². The highest BCUT2D eigenvalue weighted by Gasteiger charge is 2.24. The van der Waals surface area contributed by atoms with Gasteiger partial charge in [-0.25, -0.2) is 0 Å². The lowest BCUT2D eigenvalue weighted by molar-refractivity contribution is 0.484. The van der Waals surface area contributed by atoms with Crippen molar-refractivity contribution in [3.05, 3.63) is 76.3 Å². The quantitative estimate of drug-likeness (QED) is 0.412. The third kappa shape index (κ3) is 4.49. The van der Waals surface area contributed by atoms with E-state index in [0.29, 0.717) is 22.3 Å². The normalized spacial score (nSPS) is 11.5. The Morgan fingerprint density at radius 1 is 0.929 bits per heavy atom. The van der Waals surface area contributed by atoms with Gasteiger partial charge in [0.2, 0.25) is 0 Å². The number of para-hydroxylation sites is 1. The molecule has 0 aliphatic carbocycles. The minimum absolute atomic E-state index is 0.169. The van der Waals surface area contributed by atoms with Crippen molar-refractivity contribution in [3.8, 4) is 22.6 Å². The lowest BCUT2D eigenvalue weighted by Crippen LogP contribution is -2.28. The zero-order chi connectivity index (χ0) is 20.3. The number of thioether (sulfide) groups is 1. The van der Waals surface area contributed by atoms with Crippen LogP contribution in [-0.4, -0.2) is 12.8 Å². The van der Waals surface area contributed by atoms with E-state index in [1.807, 2.05) is 24.3 Å². The number of benzene rings is 3. The minimum Gasteiger partial charge on any atom is -0.457 e. The van der Waals surface area contributed by atoms with Crippen LogP contribution in [0.4, 0.5) is 0 Å². The first-order valence-electron chi connectivity index (χ1n) is 8.96. The fraction of sp³-hybridized carbons (Fsp3) is 0.217. The molecule has 0 spiro atoms. The Balaban J connectivity index is 2.11. The standard InChI is InChI=1S/C23H23Cl2NOS/c1-23(2,14-26)19-13-16(28-3)9-10-17(19)18-6-4-5-7-22(18)27-15-8-11-20(24)21(25)12-15/h4-13H,14,26H2,1-3H3. The summed E-state index contributed by atoms with van der Waals surface area (Å²) in [5, 5.41) is 0.966. The Bertz CT molecular complexity index is 988. The second-order valence-electron chi connectivity index (χ2n) is 7.17. The molecule has 146 valence electrons. The molecule has 3 aromatic rings. The van der Waals surface area contributed by atoms with Gasteiger partial charge < -0.3 is 10.5 Å². The first-order chi connectivity index (χ1) is 13.4. The monoisotopic (exact) mass is 431 g/mol. The van der Waals surface area contributed by atoms with E-state index in [1.165, 1.54) is 10.5 Å². The third-order valence-electron chi connectivity index (χ3n) is 4.76. The molecule has 0 amide bonds. The van der Waals surface area contributed by atoms with Gasteiger partial charge in [0, 0.05) is 28.5 Å². The van der Waals surface area contributed by atoms with Crippen molar-refractivity contribution in [3.63, 3.8) is 0 Å². The zero-order valence-corrected chi connectivity index (χ0v) is 18.5. The smallest absolute Gasteiger partial charge is 0.135 e. The van der Waals surface area contributed by atoms with Crippen LogP contribution in [-0.2, 0) is 5.41 Å². The van der Waals surface area contributed by atoms with Crippen LogP contribution in [0.3, 0.4) is 0 Å². The fourth-order valence-electron chi connectivity index (χ4n) is 3.00. The summed E-state index contributed by atoms with van der Waals surface area (Å²) in [6.45, 7) is 4.88. The molecule has 3 aromatic carbocycles. The maximum absolute atomic E-state index is 6.18. The van der Waals surface area contributed by atoms with Gasteiger partial charge in [0.1, 0.15) is 11.5 Å².